The Morgan fingerprint density at radius 2 is 0.745 bits per heavy atom. The molecule has 0 saturated carbocycles. The van der Waals surface area contributed by atoms with Gasteiger partial charge in [0.2, 0.25) is 0 Å². The maximum absolute atomic E-state index is 5.36. The SMILES string of the molecule is CC(C)(C)c1ccc(C2=C(c3cccc(-c4ccccn4)n3)S(C)(C)C(c3cccc(-c4ccccn4)n3)=C2c2ccc(C(C)(C)C)cc2)cc1. The molecule has 1 aliphatic heterocycles. The van der Waals surface area contributed by atoms with E-state index in [-0.39, 0.29) is 10.8 Å². The molecule has 0 amide bonds. The summed E-state index contributed by atoms with van der Waals surface area (Å²) in [5.74, 6) is 0. The van der Waals surface area contributed by atoms with E-state index < -0.39 is 10.0 Å². The van der Waals surface area contributed by atoms with Crippen LogP contribution in [0.3, 0.4) is 0 Å². The molecule has 51 heavy (non-hydrogen) atoms. The van der Waals surface area contributed by atoms with Gasteiger partial charge in [-0.25, -0.2) is 9.97 Å². The highest BCUT2D eigenvalue weighted by molar-refractivity contribution is 8.47. The van der Waals surface area contributed by atoms with Crippen molar-refractivity contribution >= 4 is 31.0 Å². The van der Waals surface area contributed by atoms with E-state index in [1.807, 2.05) is 48.8 Å². The number of allylic oxidation sites excluding steroid dienone is 2. The Hall–Kier alpha value is -5.13. The molecule has 0 radical (unpaired) electrons. The summed E-state index contributed by atoms with van der Waals surface area (Å²) >= 11 is 0. The van der Waals surface area contributed by atoms with Crippen molar-refractivity contribution in [3.8, 4) is 22.8 Å². The van der Waals surface area contributed by atoms with Crippen molar-refractivity contribution in [2.24, 2.45) is 0 Å². The first kappa shape index (κ1) is 34.3. The molecule has 0 aliphatic carbocycles. The van der Waals surface area contributed by atoms with Crippen LogP contribution in [0.2, 0.25) is 0 Å². The van der Waals surface area contributed by atoms with Crippen molar-refractivity contribution in [1.29, 1.82) is 0 Å². The molecule has 6 aromatic rings. The molecule has 0 saturated heterocycles. The van der Waals surface area contributed by atoms with E-state index >= 15 is 0 Å². The van der Waals surface area contributed by atoms with Crippen molar-refractivity contribution in [3.05, 3.63) is 167 Å². The van der Waals surface area contributed by atoms with E-state index in [0.29, 0.717) is 0 Å². The molecule has 0 spiro atoms. The third kappa shape index (κ3) is 6.71. The molecule has 0 N–H and O–H groups in total. The van der Waals surface area contributed by atoms with Crippen LogP contribution in [0.1, 0.15) is 75.2 Å². The van der Waals surface area contributed by atoms with Crippen LogP contribution in [0.5, 0.6) is 0 Å². The fraction of sp³-hybridized carbons (Fsp3) is 0.217. The summed E-state index contributed by atoms with van der Waals surface area (Å²) in [4.78, 5) is 22.5. The van der Waals surface area contributed by atoms with Gasteiger partial charge in [0.15, 0.2) is 0 Å². The van der Waals surface area contributed by atoms with Gasteiger partial charge in [0.05, 0.1) is 34.2 Å². The highest BCUT2D eigenvalue weighted by atomic mass is 32.3. The molecule has 4 aromatic heterocycles. The molecule has 4 nitrogen and oxygen atoms in total. The molecule has 1 aliphatic rings. The Morgan fingerprint density at radius 3 is 1.08 bits per heavy atom. The zero-order valence-corrected chi connectivity index (χ0v) is 31.7. The smallest absolute Gasteiger partial charge is 0.0893 e. The van der Waals surface area contributed by atoms with E-state index in [1.165, 1.54) is 43.2 Å². The topological polar surface area (TPSA) is 51.6 Å². The zero-order valence-electron chi connectivity index (χ0n) is 30.9. The van der Waals surface area contributed by atoms with Crippen molar-refractivity contribution in [3.63, 3.8) is 0 Å². The minimum atomic E-state index is -1.71. The lowest BCUT2D eigenvalue weighted by Crippen LogP contribution is -2.11. The highest BCUT2D eigenvalue weighted by Crippen LogP contribution is 2.73. The first-order valence-electron chi connectivity index (χ1n) is 17.5. The number of hydrogen-bond donors (Lipinski definition) is 0. The van der Waals surface area contributed by atoms with Crippen molar-refractivity contribution in [1.82, 2.24) is 19.9 Å². The fourth-order valence-corrected chi connectivity index (χ4v) is 9.82. The van der Waals surface area contributed by atoms with Crippen LogP contribution in [0.25, 0.3) is 43.7 Å². The third-order valence-electron chi connectivity index (χ3n) is 9.62. The average Bonchev–Trinajstić information content (AvgIpc) is 3.38. The lowest BCUT2D eigenvalue weighted by Gasteiger charge is -2.33. The fourth-order valence-electron chi connectivity index (χ4n) is 6.88. The first-order chi connectivity index (χ1) is 24.3. The summed E-state index contributed by atoms with van der Waals surface area (Å²) < 4.78 is 0. The van der Waals surface area contributed by atoms with Crippen LogP contribution in [0, 0.1) is 0 Å². The summed E-state index contributed by atoms with van der Waals surface area (Å²) in [7, 11) is -1.71. The molecule has 2 aromatic carbocycles. The highest BCUT2D eigenvalue weighted by Gasteiger charge is 2.41. The van der Waals surface area contributed by atoms with E-state index in [0.717, 1.165) is 34.2 Å². The minimum Gasteiger partial charge on any atom is -0.255 e. The number of hydrogen-bond acceptors (Lipinski definition) is 4. The molecule has 0 fully saturated rings. The van der Waals surface area contributed by atoms with Crippen LogP contribution < -0.4 is 0 Å². The predicted molar refractivity (Wildman–Crippen MR) is 218 cm³/mol. The number of aromatic nitrogens is 4. The van der Waals surface area contributed by atoms with Gasteiger partial charge < -0.3 is 0 Å². The number of pyridine rings is 4. The minimum absolute atomic E-state index is 0.0386. The normalized spacial score (nSPS) is 15.3. The van der Waals surface area contributed by atoms with Gasteiger partial charge in [-0.15, -0.1) is 0 Å². The van der Waals surface area contributed by atoms with Crippen LogP contribution in [0.4, 0.5) is 0 Å². The van der Waals surface area contributed by atoms with Gasteiger partial charge in [-0.2, -0.15) is 10.0 Å². The van der Waals surface area contributed by atoms with Crippen LogP contribution >= 0.6 is 10.0 Å². The molecule has 5 heterocycles. The molecule has 0 atom stereocenters. The van der Waals surface area contributed by atoms with Gasteiger partial charge in [0.1, 0.15) is 0 Å². The Kier molecular flexibility index (Phi) is 8.89. The Morgan fingerprint density at radius 1 is 0.392 bits per heavy atom. The average molecular weight is 687 g/mol. The monoisotopic (exact) mass is 686 g/mol. The number of benzene rings is 2. The maximum Gasteiger partial charge on any atom is 0.0893 e. The van der Waals surface area contributed by atoms with Crippen molar-refractivity contribution in [2.75, 3.05) is 12.5 Å². The maximum atomic E-state index is 5.36. The molecular formula is C46H46N4S. The number of rotatable bonds is 6. The summed E-state index contributed by atoms with van der Waals surface area (Å²) in [5.41, 5.74) is 12.8. The summed E-state index contributed by atoms with van der Waals surface area (Å²) in [6.45, 7) is 13.6. The molecule has 0 unspecified atom stereocenters. The summed E-state index contributed by atoms with van der Waals surface area (Å²) in [6, 6.07) is 43.0. The Balaban J connectivity index is 1.55. The van der Waals surface area contributed by atoms with Gasteiger partial charge in [0, 0.05) is 33.4 Å². The van der Waals surface area contributed by atoms with Gasteiger partial charge in [-0.05, 0) is 94.1 Å². The quantitative estimate of drug-likeness (QED) is 0.175. The van der Waals surface area contributed by atoms with Gasteiger partial charge in [0.25, 0.3) is 0 Å². The van der Waals surface area contributed by atoms with E-state index in [2.05, 4.69) is 149 Å². The summed E-state index contributed by atoms with van der Waals surface area (Å²) in [6.07, 6.45) is 8.47. The van der Waals surface area contributed by atoms with Crippen molar-refractivity contribution < 1.29 is 0 Å². The standard InChI is InChI=1S/C46H46N4S/c1-45(2,3)33-25-21-31(22-26-33)41-42(32-23-27-34(28-24-32)46(4,5)6)44(40-20-14-18-38(50-40)36-16-10-12-30-48-36)51(7,8)43(41)39-19-13-17-37(49-39)35-15-9-11-29-47-35/h9-30H,1-8H3. The second-order valence-electron chi connectivity index (χ2n) is 15.6. The van der Waals surface area contributed by atoms with E-state index in [4.69, 9.17) is 9.97 Å². The second kappa shape index (κ2) is 13.2. The summed E-state index contributed by atoms with van der Waals surface area (Å²) in [5, 5.41) is 0. The van der Waals surface area contributed by atoms with Gasteiger partial charge in [-0.3, -0.25) is 9.97 Å². The third-order valence-corrected chi connectivity index (χ3v) is 12.5. The molecular weight excluding hydrogens is 641 g/mol. The van der Waals surface area contributed by atoms with Crippen molar-refractivity contribution in [2.45, 2.75) is 52.4 Å². The lowest BCUT2D eigenvalue weighted by atomic mass is 9.83. The molecule has 0 bridgehead atoms. The Bertz CT molecular complexity index is 2090. The van der Waals surface area contributed by atoms with Gasteiger partial charge in [-0.1, -0.05) is 114 Å². The molecule has 5 heteroatoms. The molecule has 256 valence electrons. The zero-order chi connectivity index (χ0) is 36.0. The van der Waals surface area contributed by atoms with E-state index in [9.17, 15) is 0 Å². The number of nitrogens with zero attached hydrogens (tertiary/aromatic N) is 4. The predicted octanol–water partition coefficient (Wildman–Crippen LogP) is 11.7. The van der Waals surface area contributed by atoms with Crippen LogP contribution in [-0.2, 0) is 10.8 Å². The van der Waals surface area contributed by atoms with E-state index in [1.54, 1.807) is 0 Å². The van der Waals surface area contributed by atoms with Crippen LogP contribution in [0.15, 0.2) is 134 Å². The van der Waals surface area contributed by atoms with Crippen LogP contribution in [-0.4, -0.2) is 32.4 Å². The molecule has 7 rings (SSSR count). The largest absolute Gasteiger partial charge is 0.255 e. The second-order valence-corrected chi connectivity index (χ2v) is 19.1. The van der Waals surface area contributed by atoms with Gasteiger partial charge >= 0.3 is 0 Å². The Labute approximate surface area is 304 Å². The first-order valence-corrected chi connectivity index (χ1v) is 20.0. The lowest BCUT2D eigenvalue weighted by molar-refractivity contribution is 0.590.